The van der Waals surface area contributed by atoms with Gasteiger partial charge in [-0.15, -0.1) is 0 Å². The van der Waals surface area contributed by atoms with Crippen LogP contribution in [0.15, 0.2) is 59.5 Å². The molecule has 10 heteroatoms. The fourth-order valence-electron chi connectivity index (χ4n) is 3.43. The summed E-state index contributed by atoms with van der Waals surface area (Å²) in [5.74, 6) is 0. The normalized spacial score (nSPS) is 15.0. The van der Waals surface area contributed by atoms with Crippen molar-refractivity contribution in [1.82, 2.24) is 9.78 Å². The number of alkyl halides is 2. The highest BCUT2D eigenvalue weighted by Crippen LogP contribution is 2.31. The molecule has 2 N–H and O–H groups in total. The van der Waals surface area contributed by atoms with Gasteiger partial charge in [-0.1, -0.05) is 24.3 Å². The lowest BCUT2D eigenvalue weighted by molar-refractivity contribution is 0.122. The maximum absolute atomic E-state index is 13.4. The van der Waals surface area contributed by atoms with Gasteiger partial charge in [-0.3, -0.25) is 0 Å². The summed E-state index contributed by atoms with van der Waals surface area (Å²) in [5.41, 5.74) is 1.61. The van der Waals surface area contributed by atoms with Gasteiger partial charge < -0.3 is 9.64 Å². The molecular formula is C20H20F2N4O3S. The SMILES string of the molecule is NS(=O)(=O)c1ccccc1-n1nc(C(F)F)cc1-c1ccc(N2CCOCC2)cc1. The smallest absolute Gasteiger partial charge is 0.282 e. The molecule has 0 spiro atoms. The van der Waals surface area contributed by atoms with E-state index in [1.54, 1.807) is 18.2 Å². The average Bonchev–Trinajstić information content (AvgIpc) is 3.20. The van der Waals surface area contributed by atoms with Crippen molar-refractivity contribution >= 4 is 15.7 Å². The molecule has 2 heterocycles. The van der Waals surface area contributed by atoms with Gasteiger partial charge in [0.05, 0.1) is 24.6 Å². The third kappa shape index (κ3) is 4.07. The van der Waals surface area contributed by atoms with Crippen molar-refractivity contribution < 1.29 is 21.9 Å². The average molecular weight is 434 g/mol. The molecule has 0 atom stereocenters. The Labute approximate surface area is 172 Å². The van der Waals surface area contributed by atoms with E-state index < -0.39 is 22.1 Å². The fourth-order valence-corrected chi connectivity index (χ4v) is 4.15. The van der Waals surface area contributed by atoms with E-state index in [9.17, 15) is 17.2 Å². The summed E-state index contributed by atoms with van der Waals surface area (Å²) < 4.78 is 57.4. The van der Waals surface area contributed by atoms with Crippen molar-refractivity contribution in [3.63, 3.8) is 0 Å². The number of para-hydroxylation sites is 1. The van der Waals surface area contributed by atoms with Crippen LogP contribution in [0.4, 0.5) is 14.5 Å². The molecule has 7 nitrogen and oxygen atoms in total. The first-order valence-electron chi connectivity index (χ1n) is 9.28. The third-order valence-electron chi connectivity index (χ3n) is 4.89. The molecule has 2 aromatic carbocycles. The second-order valence-corrected chi connectivity index (χ2v) is 8.36. The van der Waals surface area contributed by atoms with Gasteiger partial charge in [-0.05, 0) is 30.3 Å². The van der Waals surface area contributed by atoms with Crippen molar-refractivity contribution in [1.29, 1.82) is 0 Å². The fraction of sp³-hybridized carbons (Fsp3) is 0.250. The van der Waals surface area contributed by atoms with Gasteiger partial charge in [0.15, 0.2) is 0 Å². The molecule has 0 radical (unpaired) electrons. The summed E-state index contributed by atoms with van der Waals surface area (Å²) in [6.45, 7) is 2.84. The number of hydrogen-bond donors (Lipinski definition) is 1. The number of rotatable bonds is 5. The first kappa shape index (κ1) is 20.5. The van der Waals surface area contributed by atoms with E-state index in [-0.39, 0.29) is 10.6 Å². The number of hydrogen-bond acceptors (Lipinski definition) is 5. The predicted molar refractivity (Wildman–Crippen MR) is 108 cm³/mol. The Morgan fingerprint density at radius 2 is 1.70 bits per heavy atom. The van der Waals surface area contributed by atoms with Crippen LogP contribution in [-0.2, 0) is 14.8 Å². The van der Waals surface area contributed by atoms with Crippen molar-refractivity contribution in [3.05, 3.63) is 60.3 Å². The summed E-state index contributed by atoms with van der Waals surface area (Å²) in [4.78, 5) is 1.98. The summed E-state index contributed by atoms with van der Waals surface area (Å²) in [7, 11) is -4.08. The van der Waals surface area contributed by atoms with E-state index in [0.29, 0.717) is 24.5 Å². The van der Waals surface area contributed by atoms with Crippen LogP contribution in [0.25, 0.3) is 16.9 Å². The molecule has 0 amide bonds. The summed E-state index contributed by atoms with van der Waals surface area (Å²) in [6, 6.07) is 14.6. The van der Waals surface area contributed by atoms with E-state index >= 15 is 0 Å². The number of morpholine rings is 1. The van der Waals surface area contributed by atoms with E-state index in [1.165, 1.54) is 28.9 Å². The molecule has 0 aliphatic carbocycles. The van der Waals surface area contributed by atoms with Crippen LogP contribution < -0.4 is 10.0 Å². The largest absolute Gasteiger partial charge is 0.378 e. The van der Waals surface area contributed by atoms with Crippen molar-refractivity contribution in [2.24, 2.45) is 5.14 Å². The lowest BCUT2D eigenvalue weighted by Crippen LogP contribution is -2.36. The molecule has 1 fully saturated rings. The minimum atomic E-state index is -4.08. The maximum atomic E-state index is 13.4. The zero-order chi connectivity index (χ0) is 21.3. The molecule has 1 aromatic heterocycles. The highest BCUT2D eigenvalue weighted by Gasteiger charge is 2.22. The molecule has 3 aromatic rings. The minimum Gasteiger partial charge on any atom is -0.378 e. The van der Waals surface area contributed by atoms with E-state index in [4.69, 9.17) is 9.88 Å². The van der Waals surface area contributed by atoms with Gasteiger partial charge in [-0.2, -0.15) is 5.10 Å². The summed E-state index contributed by atoms with van der Waals surface area (Å²) in [6.07, 6.45) is -2.81. The number of anilines is 1. The quantitative estimate of drug-likeness (QED) is 0.667. The first-order valence-corrected chi connectivity index (χ1v) is 10.8. The van der Waals surface area contributed by atoms with E-state index in [2.05, 4.69) is 10.00 Å². The van der Waals surface area contributed by atoms with Crippen LogP contribution in [0, 0.1) is 0 Å². The number of halogens is 2. The molecule has 1 saturated heterocycles. The Hall–Kier alpha value is -2.82. The van der Waals surface area contributed by atoms with Gasteiger partial charge in [0.25, 0.3) is 6.43 Å². The number of nitrogens with two attached hydrogens (primary N) is 1. The van der Waals surface area contributed by atoms with Crippen LogP contribution in [0.5, 0.6) is 0 Å². The molecule has 158 valence electrons. The molecule has 1 aliphatic rings. The second-order valence-electron chi connectivity index (χ2n) is 6.83. The Balaban J connectivity index is 1.80. The van der Waals surface area contributed by atoms with Crippen LogP contribution in [0.1, 0.15) is 12.1 Å². The molecule has 0 saturated carbocycles. The maximum Gasteiger partial charge on any atom is 0.282 e. The molecule has 30 heavy (non-hydrogen) atoms. The molecule has 0 unspecified atom stereocenters. The van der Waals surface area contributed by atoms with Crippen LogP contribution in [0.2, 0.25) is 0 Å². The van der Waals surface area contributed by atoms with Crippen molar-refractivity contribution in [2.75, 3.05) is 31.2 Å². The highest BCUT2D eigenvalue weighted by atomic mass is 32.2. The zero-order valence-corrected chi connectivity index (χ0v) is 16.7. The van der Waals surface area contributed by atoms with Crippen LogP contribution >= 0.6 is 0 Å². The highest BCUT2D eigenvalue weighted by molar-refractivity contribution is 7.89. The number of aromatic nitrogens is 2. The predicted octanol–water partition coefficient (Wildman–Crippen LogP) is 2.96. The minimum absolute atomic E-state index is 0.110. The molecule has 0 bridgehead atoms. The lowest BCUT2D eigenvalue weighted by atomic mass is 10.1. The number of nitrogens with zero attached hydrogens (tertiary/aromatic N) is 3. The third-order valence-corrected chi connectivity index (χ3v) is 5.85. The zero-order valence-electron chi connectivity index (χ0n) is 15.9. The summed E-state index contributed by atoms with van der Waals surface area (Å²) in [5, 5.41) is 9.28. The number of sulfonamides is 1. The molecule has 4 rings (SSSR count). The Morgan fingerprint density at radius 3 is 2.33 bits per heavy atom. The molecule has 1 aliphatic heterocycles. The first-order chi connectivity index (χ1) is 14.3. The summed E-state index contributed by atoms with van der Waals surface area (Å²) >= 11 is 0. The van der Waals surface area contributed by atoms with Crippen molar-refractivity contribution in [3.8, 4) is 16.9 Å². The lowest BCUT2D eigenvalue weighted by Gasteiger charge is -2.28. The Kier molecular flexibility index (Phi) is 5.54. The topological polar surface area (TPSA) is 90.5 Å². The van der Waals surface area contributed by atoms with Crippen molar-refractivity contribution in [2.45, 2.75) is 11.3 Å². The van der Waals surface area contributed by atoms with E-state index in [1.807, 2.05) is 12.1 Å². The van der Waals surface area contributed by atoms with Crippen LogP contribution in [-0.4, -0.2) is 44.5 Å². The number of primary sulfonamides is 1. The standard InChI is InChI=1S/C20H20F2N4O3S/c21-20(22)16-13-18(14-5-7-15(8-6-14)25-9-11-29-12-10-25)26(24-16)17-3-1-2-4-19(17)30(23,27)28/h1-8,13,20H,9-12H2,(H2,23,27,28). The van der Waals surface area contributed by atoms with E-state index in [0.717, 1.165) is 18.8 Å². The number of ether oxygens (including phenoxy) is 1. The van der Waals surface area contributed by atoms with Gasteiger partial charge in [0, 0.05) is 24.3 Å². The number of benzene rings is 2. The van der Waals surface area contributed by atoms with Crippen LogP contribution in [0.3, 0.4) is 0 Å². The van der Waals surface area contributed by atoms with Gasteiger partial charge in [0.1, 0.15) is 10.6 Å². The monoisotopic (exact) mass is 434 g/mol. The Morgan fingerprint density at radius 1 is 1.03 bits per heavy atom. The van der Waals surface area contributed by atoms with Gasteiger partial charge in [-0.25, -0.2) is 27.0 Å². The Bertz CT molecular complexity index is 1140. The van der Waals surface area contributed by atoms with Gasteiger partial charge in [0.2, 0.25) is 10.0 Å². The second kappa shape index (κ2) is 8.13. The van der Waals surface area contributed by atoms with Gasteiger partial charge >= 0.3 is 0 Å². The molecular weight excluding hydrogens is 414 g/mol.